The molecule has 0 atom stereocenters. The molecule has 0 saturated carbocycles. The van der Waals surface area contributed by atoms with Gasteiger partial charge < -0.3 is 15.7 Å². The average Bonchev–Trinajstić information content (AvgIpc) is 4.08. The summed E-state index contributed by atoms with van der Waals surface area (Å²) in [5.41, 5.74) is 5.66. The topological polar surface area (TPSA) is 230 Å². The van der Waals surface area contributed by atoms with Crippen LogP contribution in [0.1, 0.15) is 33.9 Å². The van der Waals surface area contributed by atoms with Crippen LogP contribution in [-0.2, 0) is 32.0 Å². The number of alkyl halides is 6. The lowest BCUT2D eigenvalue weighted by Crippen LogP contribution is -2.12. The van der Waals surface area contributed by atoms with Crippen molar-refractivity contribution in [1.29, 1.82) is 0 Å². The van der Waals surface area contributed by atoms with Crippen LogP contribution >= 0.6 is 0 Å². The molecule has 0 bridgehead atoms. The van der Waals surface area contributed by atoms with Gasteiger partial charge in [0.05, 0.1) is 84.9 Å². The highest BCUT2D eigenvalue weighted by molar-refractivity contribution is 5.68. The molecule has 0 radical (unpaired) electrons. The maximum absolute atomic E-state index is 12.7. The molecule has 0 unspecified atom stereocenters. The largest absolute Gasteiger partial charge is 0.416 e. The van der Waals surface area contributed by atoms with Gasteiger partial charge in [0.15, 0.2) is 12.7 Å². The van der Waals surface area contributed by atoms with E-state index in [0.29, 0.717) is 54.0 Å². The zero-order valence-electron chi connectivity index (χ0n) is 33.8. The van der Waals surface area contributed by atoms with Gasteiger partial charge in [0.1, 0.15) is 11.6 Å². The van der Waals surface area contributed by atoms with E-state index in [1.165, 1.54) is 54.1 Å². The minimum absolute atomic E-state index is 0.0252. The molecule has 63 heavy (non-hydrogen) atoms. The van der Waals surface area contributed by atoms with Gasteiger partial charge in [-0.05, 0) is 81.4 Å². The molecule has 6 heterocycles. The Morgan fingerprint density at radius 3 is 1.49 bits per heavy atom. The van der Waals surface area contributed by atoms with E-state index >= 15 is 0 Å². The first-order valence-electron chi connectivity index (χ1n) is 18.7. The monoisotopic (exact) mass is 876 g/mol. The molecule has 328 valence electrons. The van der Waals surface area contributed by atoms with Gasteiger partial charge in [0, 0.05) is 33.9 Å². The second-order valence-electron chi connectivity index (χ2n) is 13.3. The number of nitrogens with one attached hydrogen (secondary N) is 3. The Morgan fingerprint density at radius 2 is 1.11 bits per heavy atom. The number of H-pyrrole nitrogens is 1. The fourth-order valence-corrected chi connectivity index (χ4v) is 6.14. The zero-order valence-corrected chi connectivity index (χ0v) is 33.8. The van der Waals surface area contributed by atoms with Crippen molar-refractivity contribution in [1.82, 2.24) is 80.3 Å². The first-order chi connectivity index (χ1) is 30.1. The number of aryl methyl sites for hydroxylation is 4. The van der Waals surface area contributed by atoms with Crippen LogP contribution in [0.25, 0.3) is 22.5 Å². The summed E-state index contributed by atoms with van der Waals surface area (Å²) in [6.07, 6.45) is 0.171. The van der Waals surface area contributed by atoms with Gasteiger partial charge in [-0.2, -0.15) is 46.5 Å². The number of hydrogen-bond acceptors (Lipinski definition) is 15. The Bertz CT molecular complexity index is 2640. The second-order valence-corrected chi connectivity index (χ2v) is 13.3. The fourth-order valence-electron chi connectivity index (χ4n) is 6.14. The maximum atomic E-state index is 12.7. The van der Waals surface area contributed by atoms with E-state index in [1.807, 2.05) is 32.4 Å². The summed E-state index contributed by atoms with van der Waals surface area (Å²) in [6, 6.07) is 9.43. The molecule has 8 rings (SSSR count). The number of hydrogen-bond donors (Lipinski definition) is 4. The minimum Gasteiger partial charge on any atom is -0.394 e. The molecule has 25 heteroatoms. The summed E-state index contributed by atoms with van der Waals surface area (Å²) in [7, 11) is 0. The van der Waals surface area contributed by atoms with Gasteiger partial charge in [-0.3, -0.25) is 19.3 Å². The Morgan fingerprint density at radius 1 is 0.619 bits per heavy atom. The summed E-state index contributed by atoms with van der Waals surface area (Å²) < 4.78 is 79.7. The highest BCUT2D eigenvalue weighted by atomic mass is 19.4. The lowest BCUT2D eigenvalue weighted by atomic mass is 10.1. The molecule has 8 aromatic rings. The Kier molecular flexibility index (Phi) is 14.1. The van der Waals surface area contributed by atoms with Crippen LogP contribution in [0, 0.1) is 27.7 Å². The number of aromatic nitrogens is 16. The number of halogens is 6. The van der Waals surface area contributed by atoms with Gasteiger partial charge in [-0.1, -0.05) is 5.21 Å². The Hall–Kier alpha value is -7.70. The SMILES string of the molecule is Cc1nn(CCO)c(C)c1-c1cncc(Nc2ccc(C(F)(F)F)cc2)n1.Cc1nn(CCn2ncnn2)c(C)c1-c1cncc(Nc2ccc(C(F)(F)F)cc2)n1.c1nn[nH]n1. The summed E-state index contributed by atoms with van der Waals surface area (Å²) in [5.74, 6) is 0.816. The predicted molar refractivity (Wildman–Crippen MR) is 214 cm³/mol. The number of rotatable bonds is 11. The molecular weight excluding hydrogens is 839 g/mol. The molecule has 0 aliphatic heterocycles. The van der Waals surface area contributed by atoms with E-state index < -0.39 is 23.5 Å². The quantitative estimate of drug-likeness (QED) is 0.104. The van der Waals surface area contributed by atoms with Crippen molar-refractivity contribution in [2.24, 2.45) is 0 Å². The summed E-state index contributed by atoms with van der Waals surface area (Å²) in [6.45, 7) is 8.96. The molecule has 4 N–H and O–H groups in total. The summed E-state index contributed by atoms with van der Waals surface area (Å²) >= 11 is 0. The van der Waals surface area contributed by atoms with E-state index in [2.05, 4.69) is 76.8 Å². The molecular formula is C38H38F6N18O. The van der Waals surface area contributed by atoms with E-state index in [9.17, 15) is 26.3 Å². The minimum atomic E-state index is -4.38. The molecule has 0 spiro atoms. The number of aromatic amines is 1. The zero-order chi connectivity index (χ0) is 45.1. The molecule has 19 nitrogen and oxygen atoms in total. The Balaban J connectivity index is 0.000000190. The number of benzene rings is 2. The third kappa shape index (κ3) is 11.8. The number of tetrazole rings is 2. The number of aliphatic hydroxyl groups is 1. The van der Waals surface area contributed by atoms with Gasteiger partial charge in [-0.15, -0.1) is 20.4 Å². The van der Waals surface area contributed by atoms with Gasteiger partial charge >= 0.3 is 12.4 Å². The third-order valence-electron chi connectivity index (χ3n) is 9.00. The van der Waals surface area contributed by atoms with Crippen LogP contribution in [0.5, 0.6) is 0 Å². The lowest BCUT2D eigenvalue weighted by molar-refractivity contribution is -0.138. The average molecular weight is 877 g/mol. The van der Waals surface area contributed by atoms with Crippen LogP contribution in [0.4, 0.5) is 49.4 Å². The van der Waals surface area contributed by atoms with Crippen molar-refractivity contribution < 1.29 is 31.4 Å². The highest BCUT2D eigenvalue weighted by Gasteiger charge is 2.31. The van der Waals surface area contributed by atoms with Crippen molar-refractivity contribution in [3.8, 4) is 22.5 Å². The first-order valence-corrected chi connectivity index (χ1v) is 18.7. The van der Waals surface area contributed by atoms with E-state index in [1.54, 1.807) is 17.1 Å². The van der Waals surface area contributed by atoms with Crippen LogP contribution in [0.3, 0.4) is 0 Å². The standard InChI is InChI=1S/C19H18F3N9.C18H18F3N5O.CH2N4/c1-12-18(13(2)30(28-12)7-8-31-25-11-24-29-31)16-9-23-10-17(27-16)26-15-5-3-14(4-6-15)19(20,21)22;1-11-17(12(2)26(25-11)7-8-27)15-9-22-10-16(24-15)23-14-5-3-13(4-6-14)18(19,20)21;1-2-4-5-3-1/h3-6,9-11H,7-8H2,1-2H3,(H,26,27);3-6,9-10,27H,7-8H2,1-2H3,(H,23,24);1H,(H,2,3,4,5). The van der Waals surface area contributed by atoms with Gasteiger partial charge in [0.25, 0.3) is 0 Å². The third-order valence-corrected chi connectivity index (χ3v) is 9.00. The van der Waals surface area contributed by atoms with Crippen molar-refractivity contribution in [2.75, 3.05) is 17.2 Å². The predicted octanol–water partition coefficient (Wildman–Crippen LogP) is 6.32. The summed E-state index contributed by atoms with van der Waals surface area (Å²) in [5, 5.41) is 47.7. The first kappa shape index (κ1) is 44.8. The second kappa shape index (κ2) is 19.8. The van der Waals surface area contributed by atoms with Crippen LogP contribution in [0.15, 0.2) is 86.0 Å². The van der Waals surface area contributed by atoms with Crippen molar-refractivity contribution in [3.05, 3.63) is 120 Å². The van der Waals surface area contributed by atoms with E-state index in [0.717, 1.165) is 58.2 Å². The molecule has 0 amide bonds. The van der Waals surface area contributed by atoms with Crippen molar-refractivity contribution in [3.63, 3.8) is 0 Å². The normalized spacial score (nSPS) is 11.3. The maximum Gasteiger partial charge on any atom is 0.416 e. The molecule has 2 aromatic carbocycles. The molecule has 0 aliphatic carbocycles. The number of nitrogens with zero attached hydrogens (tertiary/aromatic N) is 15. The summed E-state index contributed by atoms with van der Waals surface area (Å²) in [4.78, 5) is 18.9. The van der Waals surface area contributed by atoms with Crippen LogP contribution in [-0.4, -0.2) is 92.0 Å². The van der Waals surface area contributed by atoms with Gasteiger partial charge in [0.2, 0.25) is 0 Å². The molecule has 0 fully saturated rings. The van der Waals surface area contributed by atoms with Crippen LogP contribution < -0.4 is 10.6 Å². The van der Waals surface area contributed by atoms with Gasteiger partial charge in [-0.25, -0.2) is 9.97 Å². The Labute approximate surface area is 353 Å². The fraction of sp³-hybridized carbons (Fsp3) is 0.263. The van der Waals surface area contributed by atoms with Crippen molar-refractivity contribution >= 4 is 23.0 Å². The smallest absolute Gasteiger partial charge is 0.394 e. The van der Waals surface area contributed by atoms with Crippen LogP contribution in [0.2, 0.25) is 0 Å². The molecule has 0 aliphatic rings. The number of aliphatic hydroxyl groups excluding tert-OH is 1. The lowest BCUT2D eigenvalue weighted by Gasteiger charge is -2.10. The van der Waals surface area contributed by atoms with Crippen molar-refractivity contribution in [2.45, 2.75) is 59.7 Å². The highest BCUT2D eigenvalue weighted by Crippen LogP contribution is 2.32. The molecule has 6 aromatic heterocycles. The van der Waals surface area contributed by atoms with E-state index in [4.69, 9.17) is 5.11 Å². The number of anilines is 4. The molecule has 0 saturated heterocycles. The van der Waals surface area contributed by atoms with E-state index in [-0.39, 0.29) is 6.61 Å².